The first-order valence-electron chi connectivity index (χ1n) is 7.43. The van der Waals surface area contributed by atoms with Gasteiger partial charge in [0.2, 0.25) is 5.95 Å². The smallest absolute Gasteiger partial charge is 0.203 e. The molecule has 2 heterocycles. The van der Waals surface area contributed by atoms with Gasteiger partial charge in [-0.2, -0.15) is 0 Å². The number of hydrogen-bond acceptors (Lipinski definition) is 4. The maximum atomic E-state index is 4.64. The Hall–Kier alpha value is -1.36. The van der Waals surface area contributed by atoms with Gasteiger partial charge >= 0.3 is 0 Å². The summed E-state index contributed by atoms with van der Waals surface area (Å²) in [6.07, 6.45) is 8.80. The number of anilines is 1. The average Bonchev–Trinajstić information content (AvgIpc) is 3.03. The molecule has 0 bridgehead atoms. The van der Waals surface area contributed by atoms with E-state index in [0.29, 0.717) is 6.04 Å². The number of imidazole rings is 1. The van der Waals surface area contributed by atoms with E-state index in [2.05, 4.69) is 38.4 Å². The van der Waals surface area contributed by atoms with Crippen LogP contribution in [0.25, 0.3) is 0 Å². The quantitative estimate of drug-likeness (QED) is 0.923. The van der Waals surface area contributed by atoms with Crippen molar-refractivity contribution >= 4 is 17.3 Å². The van der Waals surface area contributed by atoms with E-state index in [1.807, 2.05) is 6.92 Å². The van der Waals surface area contributed by atoms with E-state index in [1.165, 1.54) is 32.1 Å². The lowest BCUT2D eigenvalue weighted by Crippen LogP contribution is -2.15. The van der Waals surface area contributed by atoms with Crippen LogP contribution in [-0.2, 0) is 6.54 Å². The molecule has 108 valence electrons. The van der Waals surface area contributed by atoms with E-state index >= 15 is 0 Å². The standard InChI is InChI=1S/C15H22N4S/c1-11-9-19(13-6-4-3-5-7-13)15(18-11)16-8-14-17-12(2)10-20-14/h9-10,13H,3-8H2,1-2H3,(H,16,18). The maximum absolute atomic E-state index is 4.64. The Morgan fingerprint density at radius 1 is 1.20 bits per heavy atom. The van der Waals surface area contributed by atoms with Gasteiger partial charge in [0, 0.05) is 23.3 Å². The number of hydrogen-bond donors (Lipinski definition) is 1. The second kappa shape index (κ2) is 5.95. The van der Waals surface area contributed by atoms with Crippen molar-refractivity contribution in [3.63, 3.8) is 0 Å². The van der Waals surface area contributed by atoms with Crippen LogP contribution in [0.4, 0.5) is 5.95 Å². The zero-order chi connectivity index (χ0) is 13.9. The highest BCUT2D eigenvalue weighted by atomic mass is 32.1. The molecule has 1 fully saturated rings. The van der Waals surface area contributed by atoms with Gasteiger partial charge in [0.1, 0.15) is 5.01 Å². The third-order valence-electron chi connectivity index (χ3n) is 3.89. The van der Waals surface area contributed by atoms with E-state index in [4.69, 9.17) is 0 Å². The van der Waals surface area contributed by atoms with Gasteiger partial charge in [0.25, 0.3) is 0 Å². The topological polar surface area (TPSA) is 42.7 Å². The molecule has 2 aromatic heterocycles. The SMILES string of the molecule is Cc1csc(CNc2nc(C)cn2C2CCCCC2)n1. The van der Waals surface area contributed by atoms with Gasteiger partial charge in [0.15, 0.2) is 0 Å². The number of nitrogens with one attached hydrogen (secondary N) is 1. The second-order valence-corrected chi connectivity index (χ2v) is 6.58. The van der Waals surface area contributed by atoms with Gasteiger partial charge in [-0.25, -0.2) is 9.97 Å². The van der Waals surface area contributed by atoms with E-state index in [9.17, 15) is 0 Å². The van der Waals surface area contributed by atoms with Crippen molar-refractivity contribution in [3.8, 4) is 0 Å². The normalized spacial score (nSPS) is 16.5. The van der Waals surface area contributed by atoms with Gasteiger partial charge in [0.05, 0.1) is 12.2 Å². The molecule has 1 N–H and O–H groups in total. The molecule has 0 aliphatic heterocycles. The molecular weight excluding hydrogens is 268 g/mol. The van der Waals surface area contributed by atoms with Gasteiger partial charge in [-0.15, -0.1) is 11.3 Å². The molecule has 0 unspecified atom stereocenters. The van der Waals surface area contributed by atoms with Crippen LogP contribution in [0.3, 0.4) is 0 Å². The van der Waals surface area contributed by atoms with Gasteiger partial charge in [-0.3, -0.25) is 0 Å². The minimum atomic E-state index is 0.616. The Balaban J connectivity index is 1.71. The molecule has 1 aliphatic rings. The largest absolute Gasteiger partial charge is 0.349 e. The highest BCUT2D eigenvalue weighted by Gasteiger charge is 2.18. The van der Waals surface area contributed by atoms with Crippen molar-refractivity contribution in [2.75, 3.05) is 5.32 Å². The first kappa shape index (κ1) is 13.6. The third-order valence-corrected chi connectivity index (χ3v) is 4.85. The Morgan fingerprint density at radius 3 is 2.70 bits per heavy atom. The van der Waals surface area contributed by atoms with Crippen molar-refractivity contribution in [2.24, 2.45) is 0 Å². The molecule has 1 saturated carbocycles. The van der Waals surface area contributed by atoms with Crippen molar-refractivity contribution in [1.29, 1.82) is 0 Å². The number of nitrogens with zero attached hydrogens (tertiary/aromatic N) is 3. The average molecular weight is 290 g/mol. The van der Waals surface area contributed by atoms with Crippen LogP contribution < -0.4 is 5.32 Å². The molecule has 0 saturated heterocycles. The highest BCUT2D eigenvalue weighted by Crippen LogP contribution is 2.31. The molecule has 2 aromatic rings. The fourth-order valence-corrected chi connectivity index (χ4v) is 3.63. The van der Waals surface area contributed by atoms with E-state index in [0.717, 1.165) is 28.9 Å². The van der Waals surface area contributed by atoms with E-state index < -0.39 is 0 Å². The van der Waals surface area contributed by atoms with Gasteiger partial charge < -0.3 is 9.88 Å². The summed E-state index contributed by atoms with van der Waals surface area (Å²) >= 11 is 1.71. The second-order valence-electron chi connectivity index (χ2n) is 5.64. The Kier molecular flexibility index (Phi) is 4.05. The number of aromatic nitrogens is 3. The first-order chi connectivity index (χ1) is 9.72. The van der Waals surface area contributed by atoms with E-state index in [-0.39, 0.29) is 0 Å². The summed E-state index contributed by atoms with van der Waals surface area (Å²) < 4.78 is 2.34. The highest BCUT2D eigenvalue weighted by molar-refractivity contribution is 7.09. The van der Waals surface area contributed by atoms with Crippen LogP contribution in [0, 0.1) is 13.8 Å². The summed E-state index contributed by atoms with van der Waals surface area (Å²) in [6.45, 7) is 4.87. The number of aryl methyl sites for hydroxylation is 2. The molecule has 3 rings (SSSR count). The Labute approximate surface area is 124 Å². The molecule has 20 heavy (non-hydrogen) atoms. The lowest BCUT2D eigenvalue weighted by molar-refractivity contribution is 0.355. The lowest BCUT2D eigenvalue weighted by atomic mass is 9.95. The molecule has 0 amide bonds. The monoisotopic (exact) mass is 290 g/mol. The Morgan fingerprint density at radius 2 is 2.00 bits per heavy atom. The lowest BCUT2D eigenvalue weighted by Gasteiger charge is -2.24. The molecule has 4 nitrogen and oxygen atoms in total. The zero-order valence-electron chi connectivity index (χ0n) is 12.2. The maximum Gasteiger partial charge on any atom is 0.203 e. The fourth-order valence-electron chi connectivity index (χ4n) is 2.92. The molecule has 0 aromatic carbocycles. The van der Waals surface area contributed by atoms with Gasteiger partial charge in [-0.05, 0) is 26.7 Å². The van der Waals surface area contributed by atoms with Crippen molar-refractivity contribution < 1.29 is 0 Å². The summed E-state index contributed by atoms with van der Waals surface area (Å²) in [6, 6.07) is 0.616. The van der Waals surface area contributed by atoms with Crippen LogP contribution in [0.1, 0.15) is 54.5 Å². The summed E-state index contributed by atoms with van der Waals surface area (Å²) in [7, 11) is 0. The minimum Gasteiger partial charge on any atom is -0.349 e. The predicted molar refractivity (Wildman–Crippen MR) is 83.3 cm³/mol. The molecular formula is C15H22N4S. The van der Waals surface area contributed by atoms with E-state index in [1.54, 1.807) is 11.3 Å². The van der Waals surface area contributed by atoms with Gasteiger partial charge in [-0.1, -0.05) is 19.3 Å². The predicted octanol–water partition coefficient (Wildman–Crippen LogP) is 4.07. The number of rotatable bonds is 4. The van der Waals surface area contributed by atoms with Crippen LogP contribution in [-0.4, -0.2) is 14.5 Å². The van der Waals surface area contributed by atoms with Crippen LogP contribution in [0.2, 0.25) is 0 Å². The summed E-state index contributed by atoms with van der Waals surface area (Å²) in [5.74, 6) is 1.00. The van der Waals surface area contributed by atoms with Crippen LogP contribution in [0.5, 0.6) is 0 Å². The summed E-state index contributed by atoms with van der Waals surface area (Å²) in [5.41, 5.74) is 2.19. The molecule has 5 heteroatoms. The molecule has 0 radical (unpaired) electrons. The Bertz CT molecular complexity index is 566. The number of thiazole rings is 1. The van der Waals surface area contributed by atoms with Crippen LogP contribution >= 0.6 is 11.3 Å². The molecule has 1 aliphatic carbocycles. The fraction of sp³-hybridized carbons (Fsp3) is 0.600. The minimum absolute atomic E-state index is 0.616. The van der Waals surface area contributed by atoms with Crippen molar-refractivity contribution in [3.05, 3.63) is 28.0 Å². The molecule has 0 spiro atoms. The molecule has 0 atom stereocenters. The van der Waals surface area contributed by atoms with Crippen molar-refractivity contribution in [1.82, 2.24) is 14.5 Å². The summed E-state index contributed by atoms with van der Waals surface area (Å²) in [4.78, 5) is 9.13. The van der Waals surface area contributed by atoms with Crippen molar-refractivity contribution in [2.45, 2.75) is 58.5 Å². The summed E-state index contributed by atoms with van der Waals surface area (Å²) in [5, 5.41) is 6.68. The first-order valence-corrected chi connectivity index (χ1v) is 8.30. The zero-order valence-corrected chi connectivity index (χ0v) is 13.0. The van der Waals surface area contributed by atoms with Crippen LogP contribution in [0.15, 0.2) is 11.6 Å². The third kappa shape index (κ3) is 3.03.